The van der Waals surface area contributed by atoms with Crippen LogP contribution in [0.2, 0.25) is 0 Å². The van der Waals surface area contributed by atoms with E-state index in [1.807, 2.05) is 0 Å². The van der Waals surface area contributed by atoms with E-state index in [2.05, 4.69) is 12.2 Å². The van der Waals surface area contributed by atoms with Crippen LogP contribution in [0.25, 0.3) is 0 Å². The van der Waals surface area contributed by atoms with Crippen LogP contribution in [0, 0.1) is 5.92 Å². The topological polar surface area (TPSA) is 119 Å². The van der Waals surface area contributed by atoms with Gasteiger partial charge in [0.2, 0.25) is 0 Å². The highest BCUT2D eigenvalue weighted by atomic mass is 32.2. The molecule has 0 spiro atoms. The van der Waals surface area contributed by atoms with Crippen LogP contribution in [0.3, 0.4) is 0 Å². The minimum absolute atomic E-state index is 0.0286. The number of ether oxygens (including phenoxy) is 1. The summed E-state index contributed by atoms with van der Waals surface area (Å²) in [4.78, 5) is 26.2. The fourth-order valence-corrected chi connectivity index (χ4v) is 6.85. The molecule has 1 aliphatic rings. The maximum Gasteiger partial charge on any atom is 0.264 e. The number of carbonyl (C=O) groups is 2. The summed E-state index contributed by atoms with van der Waals surface area (Å²) in [5.41, 5.74) is 7.60. The molecule has 0 unspecified atom stereocenters. The highest BCUT2D eigenvalue weighted by molar-refractivity contribution is 7.92. The van der Waals surface area contributed by atoms with Crippen LogP contribution in [0.5, 0.6) is 5.75 Å². The Morgan fingerprint density at radius 2 is 1.83 bits per heavy atom. The number of hydrogen-bond acceptors (Lipinski definition) is 6. The standard InChI is InChI=1S/C25H27N3O5S2/c1-15-8-13-18-21(14-15)34-25(22(18)23(26)29)27-24(30)16-9-11-17(12-10-16)35(31,32)28(2)19-6-4-5-7-20(19)33-3/h4-7,9-12,15H,8,13-14H2,1-3H3,(H2,26,29)(H,27,30)/t15-/m1/s1. The molecule has 0 saturated heterocycles. The van der Waals surface area contributed by atoms with Crippen molar-refractivity contribution in [3.05, 3.63) is 70.1 Å². The van der Waals surface area contributed by atoms with Gasteiger partial charge in [-0.1, -0.05) is 19.1 Å². The molecule has 3 aromatic rings. The number of carbonyl (C=O) groups excluding carboxylic acids is 2. The molecule has 1 atom stereocenters. The lowest BCUT2D eigenvalue weighted by molar-refractivity contribution is 0.1000. The third kappa shape index (κ3) is 4.76. The van der Waals surface area contributed by atoms with Gasteiger partial charge < -0.3 is 15.8 Å². The van der Waals surface area contributed by atoms with E-state index in [9.17, 15) is 18.0 Å². The van der Waals surface area contributed by atoms with E-state index < -0.39 is 21.8 Å². The number of sulfonamides is 1. The van der Waals surface area contributed by atoms with E-state index in [-0.39, 0.29) is 10.5 Å². The third-order valence-corrected chi connectivity index (χ3v) is 9.14. The molecule has 35 heavy (non-hydrogen) atoms. The van der Waals surface area contributed by atoms with E-state index in [0.717, 1.165) is 34.0 Å². The summed E-state index contributed by atoms with van der Waals surface area (Å²) < 4.78 is 32.7. The number of nitrogens with two attached hydrogens (primary N) is 1. The molecule has 184 valence electrons. The van der Waals surface area contributed by atoms with Gasteiger partial charge in [0.1, 0.15) is 10.8 Å². The molecule has 2 aromatic carbocycles. The first-order valence-electron chi connectivity index (χ1n) is 11.1. The number of nitrogens with zero attached hydrogens (tertiary/aromatic N) is 1. The number of anilines is 2. The third-order valence-electron chi connectivity index (χ3n) is 6.18. The monoisotopic (exact) mass is 513 g/mol. The predicted molar refractivity (Wildman–Crippen MR) is 137 cm³/mol. The summed E-state index contributed by atoms with van der Waals surface area (Å²) in [5.74, 6) is -0.0730. The first-order chi connectivity index (χ1) is 16.6. The van der Waals surface area contributed by atoms with E-state index in [1.54, 1.807) is 24.3 Å². The van der Waals surface area contributed by atoms with Crippen molar-refractivity contribution in [3.63, 3.8) is 0 Å². The molecule has 0 bridgehead atoms. The quantitative estimate of drug-likeness (QED) is 0.494. The number of nitrogens with one attached hydrogen (secondary N) is 1. The van der Waals surface area contributed by atoms with Gasteiger partial charge in [-0.25, -0.2) is 8.42 Å². The first-order valence-corrected chi connectivity index (χ1v) is 13.4. The Hall–Kier alpha value is -3.37. The average molecular weight is 514 g/mol. The number of rotatable bonds is 7. The van der Waals surface area contributed by atoms with Crippen molar-refractivity contribution in [1.82, 2.24) is 0 Å². The van der Waals surface area contributed by atoms with Gasteiger partial charge in [0, 0.05) is 17.5 Å². The largest absolute Gasteiger partial charge is 0.495 e. The Balaban J connectivity index is 1.57. The highest BCUT2D eigenvalue weighted by Crippen LogP contribution is 2.39. The molecule has 1 aliphatic carbocycles. The maximum absolute atomic E-state index is 13.2. The van der Waals surface area contributed by atoms with Gasteiger partial charge in [0.25, 0.3) is 21.8 Å². The van der Waals surface area contributed by atoms with E-state index in [4.69, 9.17) is 10.5 Å². The number of benzene rings is 2. The van der Waals surface area contributed by atoms with Gasteiger partial charge in [-0.2, -0.15) is 0 Å². The number of thiophene rings is 1. The van der Waals surface area contributed by atoms with Crippen LogP contribution >= 0.6 is 11.3 Å². The van der Waals surface area contributed by atoms with Crippen molar-refractivity contribution >= 4 is 43.9 Å². The molecule has 0 aliphatic heterocycles. The Morgan fingerprint density at radius 1 is 1.14 bits per heavy atom. The van der Waals surface area contributed by atoms with Gasteiger partial charge in [-0.15, -0.1) is 11.3 Å². The molecule has 2 amide bonds. The molecule has 10 heteroatoms. The molecule has 1 aromatic heterocycles. The second-order valence-electron chi connectivity index (χ2n) is 8.54. The zero-order valence-corrected chi connectivity index (χ0v) is 21.3. The minimum Gasteiger partial charge on any atom is -0.495 e. The molecule has 8 nitrogen and oxygen atoms in total. The Bertz CT molecular complexity index is 1380. The van der Waals surface area contributed by atoms with Crippen molar-refractivity contribution in [1.29, 1.82) is 0 Å². The van der Waals surface area contributed by atoms with Gasteiger partial charge >= 0.3 is 0 Å². The summed E-state index contributed by atoms with van der Waals surface area (Å²) >= 11 is 1.38. The molecular weight excluding hydrogens is 486 g/mol. The van der Waals surface area contributed by atoms with Crippen LogP contribution in [-0.2, 0) is 22.9 Å². The van der Waals surface area contributed by atoms with Crippen LogP contribution in [0.1, 0.15) is 44.5 Å². The lowest BCUT2D eigenvalue weighted by Gasteiger charge is -2.21. The summed E-state index contributed by atoms with van der Waals surface area (Å²) in [6, 6.07) is 12.5. The number of methoxy groups -OCH3 is 1. The van der Waals surface area contributed by atoms with E-state index in [0.29, 0.717) is 27.9 Å². The fraction of sp³-hybridized carbons (Fsp3) is 0.280. The van der Waals surface area contributed by atoms with Gasteiger partial charge in [-0.3, -0.25) is 13.9 Å². The minimum atomic E-state index is -3.89. The first kappa shape index (κ1) is 24.7. The van der Waals surface area contributed by atoms with Crippen molar-refractivity contribution in [2.45, 2.75) is 31.1 Å². The second-order valence-corrected chi connectivity index (χ2v) is 11.6. The van der Waals surface area contributed by atoms with Crippen LogP contribution in [0.15, 0.2) is 53.4 Å². The SMILES string of the molecule is COc1ccccc1N(C)S(=O)(=O)c1ccc(C(=O)Nc2sc3c(c2C(N)=O)CC[C@@H](C)C3)cc1. The highest BCUT2D eigenvalue weighted by Gasteiger charge is 2.28. The predicted octanol–water partition coefficient (Wildman–Crippen LogP) is 4.06. The Labute approximate surface area is 208 Å². The smallest absolute Gasteiger partial charge is 0.264 e. The molecule has 0 radical (unpaired) electrons. The van der Waals surface area contributed by atoms with Crippen LogP contribution in [-0.4, -0.2) is 34.4 Å². The molecule has 4 rings (SSSR count). The second kappa shape index (κ2) is 9.71. The van der Waals surface area contributed by atoms with Crippen LogP contribution < -0.4 is 20.1 Å². The lowest BCUT2D eigenvalue weighted by Crippen LogP contribution is -2.27. The molecule has 3 N–H and O–H groups in total. The van der Waals surface area contributed by atoms with E-state index in [1.165, 1.54) is 49.8 Å². The lowest BCUT2D eigenvalue weighted by atomic mass is 9.88. The fourth-order valence-electron chi connectivity index (χ4n) is 4.23. The van der Waals surface area contributed by atoms with Crippen molar-refractivity contribution in [3.8, 4) is 5.75 Å². The number of amides is 2. The Kier molecular flexibility index (Phi) is 6.86. The van der Waals surface area contributed by atoms with Crippen molar-refractivity contribution < 1.29 is 22.7 Å². The maximum atomic E-state index is 13.2. The molecule has 1 heterocycles. The zero-order valence-electron chi connectivity index (χ0n) is 19.7. The number of para-hydroxylation sites is 2. The normalized spacial score (nSPS) is 15.2. The van der Waals surface area contributed by atoms with Gasteiger partial charge in [0.15, 0.2) is 0 Å². The van der Waals surface area contributed by atoms with E-state index >= 15 is 0 Å². The number of fused-ring (bicyclic) bond motifs is 1. The molecular formula is C25H27N3O5S2. The zero-order chi connectivity index (χ0) is 25.3. The summed E-state index contributed by atoms with van der Waals surface area (Å²) in [6.07, 6.45) is 2.58. The number of primary amides is 1. The van der Waals surface area contributed by atoms with Gasteiger partial charge in [0.05, 0.1) is 23.3 Å². The summed E-state index contributed by atoms with van der Waals surface area (Å²) in [6.45, 7) is 2.16. The van der Waals surface area contributed by atoms with Crippen molar-refractivity contribution in [2.75, 3.05) is 23.8 Å². The average Bonchev–Trinajstić information content (AvgIpc) is 3.20. The van der Waals surface area contributed by atoms with Crippen LogP contribution in [0.4, 0.5) is 10.7 Å². The molecule has 0 fully saturated rings. The number of hydrogen-bond donors (Lipinski definition) is 2. The molecule has 0 saturated carbocycles. The summed E-state index contributed by atoms with van der Waals surface area (Å²) in [5, 5.41) is 3.24. The van der Waals surface area contributed by atoms with Gasteiger partial charge in [-0.05, 0) is 67.1 Å². The Morgan fingerprint density at radius 3 is 2.49 bits per heavy atom. The van der Waals surface area contributed by atoms with Crippen molar-refractivity contribution in [2.24, 2.45) is 11.7 Å². The summed E-state index contributed by atoms with van der Waals surface area (Å²) in [7, 11) is -0.973.